The van der Waals surface area contributed by atoms with Gasteiger partial charge in [-0.15, -0.1) is 0 Å². The SMILES string of the molecule is BC(=O)OCc1ccc(O[C@@H]2O[C@H](C(=O)O)[C@@H](O)[C@H](O)[C@H]2O)c(NC(=O)BNC(=O)C(N)BNC(=O)CC)c1. The highest BCUT2D eigenvalue weighted by Gasteiger charge is 2.48. The van der Waals surface area contributed by atoms with E-state index in [9.17, 15) is 44.4 Å². The van der Waals surface area contributed by atoms with E-state index in [0.717, 1.165) is 0 Å². The number of hydrogen-bond acceptors (Lipinski definition) is 12. The molecule has 0 aromatic heterocycles. The molecule has 19 heteroatoms. The number of nitrogens with two attached hydrogens (primary N) is 1. The molecule has 1 saturated heterocycles. The Kier molecular flexibility index (Phi) is 11.7. The second-order valence-corrected chi connectivity index (χ2v) is 8.49. The highest BCUT2D eigenvalue weighted by Crippen LogP contribution is 2.31. The zero-order valence-electron chi connectivity index (χ0n) is 21.2. The molecule has 1 aromatic rings. The first kappa shape index (κ1) is 31.6. The number of rotatable bonds is 12. The smallest absolute Gasteiger partial charge is 0.344 e. The van der Waals surface area contributed by atoms with E-state index < -0.39 is 67.6 Å². The second kappa shape index (κ2) is 14.5. The number of benzene rings is 1. The zero-order valence-corrected chi connectivity index (χ0v) is 21.2. The Morgan fingerprint density at radius 3 is 2.44 bits per heavy atom. The number of carbonyl (C=O) groups excluding carboxylic acids is 4. The third-order valence-corrected chi connectivity index (χ3v) is 5.42. The predicted octanol–water partition coefficient (Wildman–Crippen LogP) is -4.61. The van der Waals surface area contributed by atoms with Crippen molar-refractivity contribution < 1.29 is 58.6 Å². The fourth-order valence-electron chi connectivity index (χ4n) is 3.26. The average Bonchev–Trinajstić information content (AvgIpc) is 2.89. The zero-order chi connectivity index (χ0) is 29.3. The minimum absolute atomic E-state index is 0.0540. The molecular formula is C20H29B3N4O12. The van der Waals surface area contributed by atoms with Crippen molar-refractivity contribution in [1.29, 1.82) is 0 Å². The standard InChI is InChI=1S/C20H29B3N4O12/c1-2-10(28)26-22-15(24)16(32)27-23-20(36)25-8-5-7(6-37-19(21)35)3-4-9(8)38-18-13(31)11(29)12(30)14(39-18)17(33)34/h3-5,11-15,18,22-23,29-31H,2,6,21,24H2,1H3,(H,25,36)(H,26,28)(H,27,32)(H,33,34)/t11-,12-,13+,14-,15?,18+/m0/s1. The van der Waals surface area contributed by atoms with Gasteiger partial charge in [0.2, 0.25) is 31.8 Å². The van der Waals surface area contributed by atoms with Crippen LogP contribution in [0.4, 0.5) is 15.3 Å². The molecule has 0 bridgehead atoms. The Morgan fingerprint density at radius 2 is 1.82 bits per heavy atom. The van der Waals surface area contributed by atoms with Crippen LogP contribution in [0.3, 0.4) is 0 Å². The summed E-state index contributed by atoms with van der Waals surface area (Å²) >= 11 is 0. The quantitative estimate of drug-likeness (QED) is 0.114. The minimum Gasteiger partial charge on any atom is -0.479 e. The number of carboxylic acid groups (broad SMARTS) is 1. The number of aliphatic carboxylic acids is 1. The molecule has 3 amide bonds. The Morgan fingerprint density at radius 1 is 1.13 bits per heavy atom. The third-order valence-electron chi connectivity index (χ3n) is 5.42. The van der Waals surface area contributed by atoms with Crippen LogP contribution in [0.5, 0.6) is 5.75 Å². The number of hydrogen-bond donors (Lipinski definition) is 8. The molecule has 1 aliphatic heterocycles. The molecule has 6 atom stereocenters. The highest BCUT2D eigenvalue weighted by atomic mass is 16.7. The molecule has 0 aliphatic carbocycles. The molecule has 1 aromatic carbocycles. The summed E-state index contributed by atoms with van der Waals surface area (Å²) in [5.74, 6) is -5.23. The molecule has 1 fully saturated rings. The molecule has 1 unspecified atom stereocenters. The summed E-state index contributed by atoms with van der Waals surface area (Å²) in [4.78, 5) is 58.6. The first-order valence-corrected chi connectivity index (χ1v) is 11.8. The second-order valence-electron chi connectivity index (χ2n) is 8.49. The van der Waals surface area contributed by atoms with Crippen molar-refractivity contribution >= 4 is 57.8 Å². The van der Waals surface area contributed by atoms with E-state index in [4.69, 9.17) is 19.9 Å². The van der Waals surface area contributed by atoms with Gasteiger partial charge in [-0.25, -0.2) is 4.79 Å². The normalized spacial score (nSPS) is 22.9. The number of aliphatic hydroxyl groups excluding tert-OH is 3. The van der Waals surface area contributed by atoms with Crippen LogP contribution in [-0.2, 0) is 30.5 Å². The summed E-state index contributed by atoms with van der Waals surface area (Å²) in [5, 5.41) is 46.6. The van der Waals surface area contributed by atoms with Crippen molar-refractivity contribution in [3.05, 3.63) is 23.8 Å². The summed E-state index contributed by atoms with van der Waals surface area (Å²) in [5.41, 5.74) is 6.04. The number of ether oxygens (including phenoxy) is 3. The monoisotopic (exact) mass is 550 g/mol. The van der Waals surface area contributed by atoms with Crippen LogP contribution in [0, 0.1) is 0 Å². The van der Waals surface area contributed by atoms with Crippen LogP contribution >= 0.6 is 0 Å². The number of nitrogens with one attached hydrogen (secondary N) is 3. The summed E-state index contributed by atoms with van der Waals surface area (Å²) in [6.07, 6.45) is -9.21. The minimum atomic E-state index is -1.94. The Hall–Kier alpha value is -3.64. The lowest BCUT2D eigenvalue weighted by Gasteiger charge is -2.38. The van der Waals surface area contributed by atoms with Gasteiger partial charge in [-0.1, -0.05) is 13.0 Å². The van der Waals surface area contributed by atoms with Gasteiger partial charge in [0.05, 0.1) is 11.6 Å². The first-order chi connectivity index (χ1) is 18.3. The van der Waals surface area contributed by atoms with Crippen LogP contribution in [0.15, 0.2) is 18.2 Å². The van der Waals surface area contributed by atoms with Gasteiger partial charge < -0.3 is 56.1 Å². The van der Waals surface area contributed by atoms with E-state index >= 15 is 0 Å². The van der Waals surface area contributed by atoms with E-state index in [1.807, 2.05) is 0 Å². The lowest BCUT2D eigenvalue weighted by atomic mass is 9.80. The van der Waals surface area contributed by atoms with Crippen LogP contribution in [0.2, 0.25) is 0 Å². The molecule has 1 aliphatic rings. The molecule has 210 valence electrons. The van der Waals surface area contributed by atoms with Crippen molar-refractivity contribution in [3.63, 3.8) is 0 Å². The Labute approximate surface area is 224 Å². The molecule has 0 spiro atoms. The van der Waals surface area contributed by atoms with Crippen LogP contribution in [0.1, 0.15) is 18.9 Å². The van der Waals surface area contributed by atoms with Gasteiger partial charge in [-0.05, 0) is 17.7 Å². The largest absolute Gasteiger partial charge is 0.479 e. The number of aliphatic hydroxyl groups is 3. The molecular weight excluding hydrogens is 521 g/mol. The maximum Gasteiger partial charge on any atom is 0.344 e. The summed E-state index contributed by atoms with van der Waals surface area (Å²) in [6, 6.07) is 4.08. The van der Waals surface area contributed by atoms with Crippen molar-refractivity contribution in [1.82, 2.24) is 10.5 Å². The topological polar surface area (TPSA) is 256 Å². The van der Waals surface area contributed by atoms with Gasteiger partial charge in [0.1, 0.15) is 30.7 Å². The van der Waals surface area contributed by atoms with Gasteiger partial charge in [0, 0.05) is 6.42 Å². The van der Waals surface area contributed by atoms with Gasteiger partial charge >= 0.3 is 13.4 Å². The fraction of sp³-hybridized carbons (Fsp3) is 0.450. The lowest BCUT2D eigenvalue weighted by molar-refractivity contribution is -0.271. The fourth-order valence-corrected chi connectivity index (χ4v) is 3.26. The van der Waals surface area contributed by atoms with Gasteiger partial charge in [0.15, 0.2) is 11.9 Å². The molecule has 9 N–H and O–H groups in total. The number of carbonyl (C=O) groups is 5. The molecule has 39 heavy (non-hydrogen) atoms. The Balaban J connectivity index is 2.16. The summed E-state index contributed by atoms with van der Waals surface area (Å²) in [6.45, 7) is 1.45. The third kappa shape index (κ3) is 9.26. The van der Waals surface area contributed by atoms with Crippen LogP contribution < -0.4 is 26.2 Å². The highest BCUT2D eigenvalue weighted by molar-refractivity contribution is 6.75. The van der Waals surface area contributed by atoms with E-state index in [-0.39, 0.29) is 37.8 Å². The lowest BCUT2D eigenvalue weighted by Crippen LogP contribution is -2.61. The van der Waals surface area contributed by atoms with E-state index in [0.29, 0.717) is 5.56 Å². The van der Waals surface area contributed by atoms with E-state index in [1.54, 1.807) is 6.92 Å². The maximum atomic E-state index is 12.6. The molecule has 1 heterocycles. The number of anilines is 1. The van der Waals surface area contributed by atoms with Crippen LogP contribution in [-0.4, -0.2) is 109 Å². The maximum absolute atomic E-state index is 12.6. The summed E-state index contributed by atoms with van der Waals surface area (Å²) < 4.78 is 15.6. The predicted molar refractivity (Wildman–Crippen MR) is 138 cm³/mol. The van der Waals surface area contributed by atoms with Crippen molar-refractivity contribution in [2.75, 3.05) is 5.32 Å². The molecule has 0 saturated carbocycles. The van der Waals surface area contributed by atoms with Crippen molar-refractivity contribution in [2.24, 2.45) is 5.73 Å². The Bertz CT molecular complexity index is 1080. The van der Waals surface area contributed by atoms with Crippen LogP contribution in [0.25, 0.3) is 0 Å². The van der Waals surface area contributed by atoms with Gasteiger partial charge in [-0.3, -0.25) is 19.2 Å². The average molecular weight is 550 g/mol. The molecule has 2 rings (SSSR count). The first-order valence-electron chi connectivity index (χ1n) is 11.8. The molecule has 0 radical (unpaired) electrons. The van der Waals surface area contributed by atoms with Gasteiger partial charge in [-0.2, -0.15) is 0 Å². The van der Waals surface area contributed by atoms with Crippen molar-refractivity contribution in [2.45, 2.75) is 56.6 Å². The van der Waals surface area contributed by atoms with E-state index in [1.165, 1.54) is 26.0 Å². The van der Waals surface area contributed by atoms with Gasteiger partial charge in [0.25, 0.3) is 7.41 Å². The molecule has 16 nitrogen and oxygen atoms in total. The summed E-state index contributed by atoms with van der Waals surface area (Å²) in [7, 11) is 0.510. The van der Waals surface area contributed by atoms with Crippen molar-refractivity contribution in [3.8, 4) is 5.75 Å². The van der Waals surface area contributed by atoms with E-state index in [2.05, 4.69) is 15.8 Å². The number of carboxylic acids is 1. The number of amides is 3.